The summed E-state index contributed by atoms with van der Waals surface area (Å²) >= 11 is 3.34. The summed E-state index contributed by atoms with van der Waals surface area (Å²) in [4.78, 5) is 37.4. The molecular weight excluding hydrogens is 516 g/mol. The van der Waals surface area contributed by atoms with Crippen molar-refractivity contribution in [3.8, 4) is 17.6 Å². The fourth-order valence-corrected chi connectivity index (χ4v) is 3.36. The number of benzene rings is 3. The Kier molecular flexibility index (Phi) is 8.38. The van der Waals surface area contributed by atoms with Gasteiger partial charge in [-0.1, -0.05) is 28.1 Å². The van der Waals surface area contributed by atoms with Crippen LogP contribution < -0.4 is 14.8 Å². The third kappa shape index (κ3) is 6.34. The highest BCUT2D eigenvalue weighted by atomic mass is 79.9. The molecule has 0 atom stereocenters. The van der Waals surface area contributed by atoms with E-state index < -0.39 is 17.8 Å². The van der Waals surface area contributed by atoms with Gasteiger partial charge in [0.15, 0.2) is 0 Å². The summed E-state index contributed by atoms with van der Waals surface area (Å²) in [6.45, 7) is 0. The Morgan fingerprint density at radius 2 is 1.69 bits per heavy atom. The number of halogens is 1. The molecule has 1 amide bonds. The fraction of sp³-hybridized carbons (Fsp3) is 0.0769. The van der Waals surface area contributed by atoms with Crippen molar-refractivity contribution in [2.24, 2.45) is 0 Å². The lowest BCUT2D eigenvalue weighted by molar-refractivity contribution is -0.112. The zero-order valence-corrected chi connectivity index (χ0v) is 20.3. The lowest BCUT2D eigenvalue weighted by Gasteiger charge is -2.11. The van der Waals surface area contributed by atoms with Crippen LogP contribution in [0.25, 0.3) is 6.08 Å². The summed E-state index contributed by atoms with van der Waals surface area (Å²) in [7, 11) is 2.74. The molecule has 0 fully saturated rings. The molecule has 0 saturated carbocycles. The molecule has 0 radical (unpaired) electrons. The number of nitrogens with one attached hydrogen (secondary N) is 1. The number of hydrogen-bond donors (Lipinski definition) is 1. The average molecular weight is 535 g/mol. The number of rotatable bonds is 7. The van der Waals surface area contributed by atoms with Crippen LogP contribution in [0.5, 0.6) is 11.5 Å². The van der Waals surface area contributed by atoms with E-state index in [9.17, 15) is 19.6 Å². The second kappa shape index (κ2) is 11.6. The van der Waals surface area contributed by atoms with Crippen molar-refractivity contribution < 1.29 is 28.6 Å². The van der Waals surface area contributed by atoms with Crippen LogP contribution in [-0.2, 0) is 9.53 Å². The molecule has 3 rings (SSSR count). The maximum atomic E-state index is 12.8. The largest absolute Gasteiger partial charge is 0.497 e. The highest BCUT2D eigenvalue weighted by Crippen LogP contribution is 2.27. The first-order chi connectivity index (χ1) is 16.9. The molecule has 0 aliphatic carbocycles. The van der Waals surface area contributed by atoms with Gasteiger partial charge in [0.25, 0.3) is 5.91 Å². The molecule has 176 valence electrons. The molecule has 0 spiro atoms. The van der Waals surface area contributed by atoms with Gasteiger partial charge in [0.2, 0.25) is 0 Å². The standard InChI is InChI=1S/C26H19BrN2O6/c1-33-20-10-7-16(8-11-20)25(31)35-23-12-9-19(27)14-17(23)13-18(15-28)24(30)29-22-6-4-3-5-21(22)26(32)34-2/h3-14H,1-2H3,(H,29,30). The van der Waals surface area contributed by atoms with Crippen LogP contribution in [-0.4, -0.2) is 32.1 Å². The molecule has 0 aromatic heterocycles. The highest BCUT2D eigenvalue weighted by molar-refractivity contribution is 9.10. The molecule has 0 heterocycles. The first-order valence-electron chi connectivity index (χ1n) is 10.1. The van der Waals surface area contributed by atoms with Crippen LogP contribution >= 0.6 is 15.9 Å². The maximum absolute atomic E-state index is 12.8. The molecular formula is C26H19BrN2O6. The summed E-state index contributed by atoms with van der Waals surface area (Å²) in [5, 5.41) is 12.2. The van der Waals surface area contributed by atoms with Gasteiger partial charge < -0.3 is 19.5 Å². The molecule has 0 aliphatic heterocycles. The third-order valence-corrected chi connectivity index (χ3v) is 5.24. The van der Waals surface area contributed by atoms with Crippen molar-refractivity contribution in [3.05, 3.63) is 93.5 Å². The van der Waals surface area contributed by atoms with E-state index in [1.54, 1.807) is 48.5 Å². The van der Waals surface area contributed by atoms with Gasteiger partial charge in [0, 0.05) is 10.0 Å². The average Bonchev–Trinajstić information content (AvgIpc) is 2.88. The van der Waals surface area contributed by atoms with Crippen LogP contribution in [0.4, 0.5) is 5.69 Å². The smallest absolute Gasteiger partial charge is 0.343 e. The number of ether oxygens (including phenoxy) is 3. The molecule has 35 heavy (non-hydrogen) atoms. The van der Waals surface area contributed by atoms with Gasteiger partial charge in [-0.15, -0.1) is 0 Å². The van der Waals surface area contributed by atoms with Gasteiger partial charge in [-0.05, 0) is 60.7 Å². The van der Waals surface area contributed by atoms with Gasteiger partial charge in [-0.3, -0.25) is 4.79 Å². The van der Waals surface area contributed by atoms with E-state index >= 15 is 0 Å². The van der Waals surface area contributed by atoms with E-state index in [0.29, 0.717) is 21.3 Å². The number of hydrogen-bond acceptors (Lipinski definition) is 7. The number of carbonyl (C=O) groups excluding carboxylic acids is 3. The zero-order valence-electron chi connectivity index (χ0n) is 18.7. The Balaban J connectivity index is 1.89. The van der Waals surface area contributed by atoms with E-state index in [0.717, 1.165) is 0 Å². The Hall–Kier alpha value is -4.42. The number of nitriles is 1. The minimum absolute atomic E-state index is 0.136. The van der Waals surface area contributed by atoms with E-state index in [2.05, 4.69) is 21.2 Å². The van der Waals surface area contributed by atoms with E-state index in [1.165, 1.54) is 38.5 Å². The Labute approximate surface area is 209 Å². The second-order valence-electron chi connectivity index (χ2n) is 6.96. The number of nitrogens with zero attached hydrogens (tertiary/aromatic N) is 1. The van der Waals surface area contributed by atoms with Crippen LogP contribution in [0.15, 0.2) is 76.8 Å². The van der Waals surface area contributed by atoms with Crippen LogP contribution in [0.1, 0.15) is 26.3 Å². The number of anilines is 1. The SMILES string of the molecule is COC(=O)c1ccccc1NC(=O)C(C#N)=Cc1cc(Br)ccc1OC(=O)c1ccc(OC)cc1. The van der Waals surface area contributed by atoms with E-state index in [4.69, 9.17) is 14.2 Å². The molecule has 0 unspecified atom stereocenters. The number of methoxy groups -OCH3 is 2. The lowest BCUT2D eigenvalue weighted by Crippen LogP contribution is -2.16. The Morgan fingerprint density at radius 1 is 0.971 bits per heavy atom. The number of carbonyl (C=O) groups is 3. The molecule has 8 nitrogen and oxygen atoms in total. The van der Waals surface area contributed by atoms with Crippen molar-refractivity contribution in [2.45, 2.75) is 0 Å². The molecule has 9 heteroatoms. The normalized spacial score (nSPS) is 10.6. The van der Waals surface area contributed by atoms with Gasteiger partial charge >= 0.3 is 11.9 Å². The maximum Gasteiger partial charge on any atom is 0.343 e. The monoisotopic (exact) mass is 534 g/mol. The van der Waals surface area contributed by atoms with Gasteiger partial charge in [0.1, 0.15) is 23.1 Å². The van der Waals surface area contributed by atoms with E-state index in [1.807, 2.05) is 6.07 Å². The zero-order chi connectivity index (χ0) is 25.4. The molecule has 0 saturated heterocycles. The quantitative estimate of drug-likeness (QED) is 0.196. The molecule has 0 aliphatic rings. The van der Waals surface area contributed by atoms with Crippen LogP contribution in [0.2, 0.25) is 0 Å². The molecule has 3 aromatic rings. The summed E-state index contributed by atoms with van der Waals surface area (Å²) in [5.74, 6) is -1.28. The van der Waals surface area contributed by atoms with Crippen molar-refractivity contribution in [1.29, 1.82) is 5.26 Å². The van der Waals surface area contributed by atoms with Crippen LogP contribution in [0, 0.1) is 11.3 Å². The minimum Gasteiger partial charge on any atom is -0.497 e. The van der Waals surface area contributed by atoms with Crippen LogP contribution in [0.3, 0.4) is 0 Å². The summed E-state index contributed by atoms with van der Waals surface area (Å²) < 4.78 is 16.0. The topological polar surface area (TPSA) is 115 Å². The van der Waals surface area contributed by atoms with Gasteiger partial charge in [-0.25, -0.2) is 9.59 Å². The Bertz CT molecular complexity index is 1340. The lowest BCUT2D eigenvalue weighted by atomic mass is 10.1. The third-order valence-electron chi connectivity index (χ3n) is 4.75. The van der Waals surface area contributed by atoms with Gasteiger partial charge in [0.05, 0.1) is 31.0 Å². The van der Waals surface area contributed by atoms with Crippen molar-refractivity contribution in [1.82, 2.24) is 0 Å². The van der Waals surface area contributed by atoms with Crippen molar-refractivity contribution in [3.63, 3.8) is 0 Å². The van der Waals surface area contributed by atoms with Crippen molar-refractivity contribution in [2.75, 3.05) is 19.5 Å². The number of amides is 1. The molecule has 0 bridgehead atoms. The highest BCUT2D eigenvalue weighted by Gasteiger charge is 2.18. The first kappa shape index (κ1) is 25.2. The van der Waals surface area contributed by atoms with Crippen molar-refractivity contribution >= 4 is 45.5 Å². The number of esters is 2. The summed E-state index contributed by atoms with van der Waals surface area (Å²) in [6.07, 6.45) is 1.29. The Morgan fingerprint density at radius 3 is 2.34 bits per heavy atom. The van der Waals surface area contributed by atoms with E-state index in [-0.39, 0.29) is 22.6 Å². The fourth-order valence-electron chi connectivity index (χ4n) is 2.98. The molecule has 3 aromatic carbocycles. The minimum atomic E-state index is -0.753. The number of para-hydroxylation sites is 1. The summed E-state index contributed by atoms with van der Waals surface area (Å²) in [5.41, 5.74) is 0.656. The predicted molar refractivity (Wildman–Crippen MR) is 132 cm³/mol. The summed E-state index contributed by atoms with van der Waals surface area (Å²) in [6, 6.07) is 19.3. The molecule has 1 N–H and O–H groups in total. The predicted octanol–water partition coefficient (Wildman–Crippen LogP) is 5.01. The second-order valence-corrected chi connectivity index (χ2v) is 7.88. The van der Waals surface area contributed by atoms with Gasteiger partial charge in [-0.2, -0.15) is 5.26 Å². The first-order valence-corrected chi connectivity index (χ1v) is 10.9.